The summed E-state index contributed by atoms with van der Waals surface area (Å²) >= 11 is 0. The van der Waals surface area contributed by atoms with Crippen LogP contribution in [0.15, 0.2) is 30.5 Å². The molecule has 1 aliphatic carbocycles. The van der Waals surface area contributed by atoms with Crippen LogP contribution in [0.3, 0.4) is 0 Å². The minimum absolute atomic E-state index is 0.158. The maximum atomic E-state index is 12.4. The third-order valence-electron chi connectivity index (χ3n) is 4.90. The summed E-state index contributed by atoms with van der Waals surface area (Å²) in [4.78, 5) is 16.8. The fraction of sp³-hybridized carbons (Fsp3) is 0.474. The first-order valence-corrected chi connectivity index (χ1v) is 8.73. The number of ether oxygens (including phenoxy) is 1. The lowest BCUT2D eigenvalue weighted by molar-refractivity contribution is -0.00889. The summed E-state index contributed by atoms with van der Waals surface area (Å²) in [5.41, 5.74) is 2.68. The highest BCUT2D eigenvalue weighted by molar-refractivity contribution is 6.00. The SMILES string of the molecule is Cc1cc(NC(=O)N[C@H]2CCO[C@@H](C3CC3)C2)c2ncccc2c1. The summed E-state index contributed by atoms with van der Waals surface area (Å²) < 4.78 is 5.82. The van der Waals surface area contributed by atoms with Crippen molar-refractivity contribution < 1.29 is 9.53 Å². The summed E-state index contributed by atoms with van der Waals surface area (Å²) in [6, 6.07) is 7.99. The second-order valence-corrected chi connectivity index (χ2v) is 6.95. The number of amides is 2. The van der Waals surface area contributed by atoms with Gasteiger partial charge in [0.25, 0.3) is 0 Å². The molecule has 0 bridgehead atoms. The quantitative estimate of drug-likeness (QED) is 0.906. The Bertz CT molecular complexity index is 757. The molecule has 5 heteroatoms. The Morgan fingerprint density at radius 1 is 1.29 bits per heavy atom. The second kappa shape index (κ2) is 6.40. The highest BCUT2D eigenvalue weighted by Crippen LogP contribution is 2.38. The van der Waals surface area contributed by atoms with E-state index in [1.165, 1.54) is 12.8 Å². The van der Waals surface area contributed by atoms with Gasteiger partial charge in [0, 0.05) is 24.2 Å². The first-order chi connectivity index (χ1) is 11.7. The Balaban J connectivity index is 1.44. The molecule has 0 spiro atoms. The average molecular weight is 325 g/mol. The predicted octanol–water partition coefficient (Wildman–Crippen LogP) is 3.62. The number of carbonyl (C=O) groups excluding carboxylic acids is 1. The minimum Gasteiger partial charge on any atom is -0.378 e. The van der Waals surface area contributed by atoms with Crippen molar-refractivity contribution in [1.29, 1.82) is 0 Å². The van der Waals surface area contributed by atoms with E-state index >= 15 is 0 Å². The van der Waals surface area contributed by atoms with Gasteiger partial charge in [-0.25, -0.2) is 4.79 Å². The summed E-state index contributed by atoms with van der Waals surface area (Å²) in [7, 11) is 0. The molecule has 0 radical (unpaired) electrons. The number of aromatic nitrogens is 1. The van der Waals surface area contributed by atoms with E-state index in [1.807, 2.05) is 25.1 Å². The number of nitrogens with one attached hydrogen (secondary N) is 2. The summed E-state index contributed by atoms with van der Waals surface area (Å²) in [6.07, 6.45) is 6.41. The first-order valence-electron chi connectivity index (χ1n) is 8.73. The lowest BCUT2D eigenvalue weighted by Gasteiger charge is -2.30. The van der Waals surface area contributed by atoms with Crippen molar-refractivity contribution in [3.05, 3.63) is 36.0 Å². The molecule has 0 unspecified atom stereocenters. The minimum atomic E-state index is -0.158. The van der Waals surface area contributed by atoms with E-state index < -0.39 is 0 Å². The number of hydrogen-bond donors (Lipinski definition) is 2. The van der Waals surface area contributed by atoms with Gasteiger partial charge in [-0.1, -0.05) is 6.07 Å². The van der Waals surface area contributed by atoms with Gasteiger partial charge >= 0.3 is 6.03 Å². The van der Waals surface area contributed by atoms with E-state index in [1.54, 1.807) is 6.20 Å². The van der Waals surface area contributed by atoms with Crippen LogP contribution in [0.1, 0.15) is 31.2 Å². The number of benzene rings is 1. The molecule has 2 heterocycles. The van der Waals surface area contributed by atoms with Crippen molar-refractivity contribution in [3.63, 3.8) is 0 Å². The predicted molar refractivity (Wildman–Crippen MR) is 94.1 cm³/mol. The zero-order valence-corrected chi connectivity index (χ0v) is 13.9. The summed E-state index contributed by atoms with van der Waals surface area (Å²) in [5.74, 6) is 0.711. The van der Waals surface area contributed by atoms with Crippen LogP contribution in [0.5, 0.6) is 0 Å². The van der Waals surface area contributed by atoms with E-state index in [0.29, 0.717) is 12.0 Å². The molecule has 2 amide bonds. The molecule has 1 aliphatic heterocycles. The Labute approximate surface area is 141 Å². The molecule has 1 aromatic carbocycles. The lowest BCUT2D eigenvalue weighted by atomic mass is 10.0. The molecule has 2 aromatic rings. The van der Waals surface area contributed by atoms with Crippen LogP contribution in [0, 0.1) is 12.8 Å². The van der Waals surface area contributed by atoms with Gasteiger partial charge in [-0.2, -0.15) is 0 Å². The van der Waals surface area contributed by atoms with Crippen LogP contribution in [0.2, 0.25) is 0 Å². The number of pyridine rings is 1. The maximum absolute atomic E-state index is 12.4. The van der Waals surface area contributed by atoms with Gasteiger partial charge in [0.2, 0.25) is 0 Å². The van der Waals surface area contributed by atoms with Crippen LogP contribution >= 0.6 is 0 Å². The Hall–Kier alpha value is -2.14. The molecular formula is C19H23N3O2. The van der Waals surface area contributed by atoms with Crippen molar-refractivity contribution in [2.45, 2.75) is 44.8 Å². The monoisotopic (exact) mass is 325 g/mol. The Morgan fingerprint density at radius 3 is 3.00 bits per heavy atom. The van der Waals surface area contributed by atoms with E-state index in [9.17, 15) is 4.79 Å². The van der Waals surface area contributed by atoms with Gasteiger partial charge < -0.3 is 15.4 Å². The smallest absolute Gasteiger partial charge is 0.319 e. The molecule has 126 valence electrons. The fourth-order valence-corrected chi connectivity index (χ4v) is 3.54. The van der Waals surface area contributed by atoms with Crippen LogP contribution < -0.4 is 10.6 Å². The third-order valence-corrected chi connectivity index (χ3v) is 4.90. The van der Waals surface area contributed by atoms with E-state index in [4.69, 9.17) is 4.74 Å². The second-order valence-electron chi connectivity index (χ2n) is 6.95. The van der Waals surface area contributed by atoms with E-state index in [-0.39, 0.29) is 12.1 Å². The molecule has 2 fully saturated rings. The molecular weight excluding hydrogens is 302 g/mol. The number of aryl methyl sites for hydroxylation is 1. The number of urea groups is 1. The van der Waals surface area contributed by atoms with Crippen LogP contribution in [0.25, 0.3) is 10.9 Å². The number of carbonyl (C=O) groups is 1. The van der Waals surface area contributed by atoms with Gasteiger partial charge in [0.1, 0.15) is 0 Å². The molecule has 5 nitrogen and oxygen atoms in total. The van der Waals surface area contributed by atoms with Gasteiger partial charge in [0.05, 0.1) is 17.3 Å². The molecule has 2 aliphatic rings. The topological polar surface area (TPSA) is 63.2 Å². The number of fused-ring (bicyclic) bond motifs is 1. The Kier molecular flexibility index (Phi) is 4.10. The molecule has 2 atom stereocenters. The van der Waals surface area contributed by atoms with Crippen molar-refractivity contribution in [3.8, 4) is 0 Å². The summed E-state index contributed by atoms with van der Waals surface area (Å²) in [6.45, 7) is 2.76. The third kappa shape index (κ3) is 3.36. The maximum Gasteiger partial charge on any atom is 0.319 e. The largest absolute Gasteiger partial charge is 0.378 e. The molecule has 24 heavy (non-hydrogen) atoms. The number of hydrogen-bond acceptors (Lipinski definition) is 3. The van der Waals surface area contributed by atoms with Crippen molar-refractivity contribution in [2.24, 2.45) is 5.92 Å². The van der Waals surface area contributed by atoms with Gasteiger partial charge in [-0.15, -0.1) is 0 Å². The van der Waals surface area contributed by atoms with E-state index in [0.717, 1.165) is 41.6 Å². The Morgan fingerprint density at radius 2 is 2.17 bits per heavy atom. The highest BCUT2D eigenvalue weighted by Gasteiger charge is 2.36. The van der Waals surface area contributed by atoms with Crippen LogP contribution in [-0.2, 0) is 4.74 Å². The molecule has 1 saturated heterocycles. The van der Waals surface area contributed by atoms with E-state index in [2.05, 4.69) is 21.7 Å². The van der Waals surface area contributed by atoms with Gasteiger partial charge in [-0.3, -0.25) is 4.98 Å². The zero-order valence-electron chi connectivity index (χ0n) is 13.9. The first kappa shape index (κ1) is 15.4. The van der Waals surface area contributed by atoms with Crippen LogP contribution in [-0.4, -0.2) is 29.8 Å². The highest BCUT2D eigenvalue weighted by atomic mass is 16.5. The number of anilines is 1. The fourth-order valence-electron chi connectivity index (χ4n) is 3.54. The van der Waals surface area contributed by atoms with Crippen molar-refractivity contribution >= 4 is 22.6 Å². The van der Waals surface area contributed by atoms with Crippen molar-refractivity contribution in [1.82, 2.24) is 10.3 Å². The molecule has 1 aromatic heterocycles. The average Bonchev–Trinajstić information content (AvgIpc) is 3.40. The van der Waals surface area contributed by atoms with Crippen LogP contribution in [0.4, 0.5) is 10.5 Å². The molecule has 2 N–H and O–H groups in total. The zero-order chi connectivity index (χ0) is 16.5. The number of nitrogens with zero attached hydrogens (tertiary/aromatic N) is 1. The van der Waals surface area contributed by atoms with Gasteiger partial charge in [0.15, 0.2) is 0 Å². The standard InChI is InChI=1S/C19H23N3O2/c1-12-9-14-3-2-7-20-18(14)16(10-12)22-19(23)21-15-6-8-24-17(11-15)13-4-5-13/h2-3,7,9-10,13,15,17H,4-6,8,11H2,1H3,(H2,21,22,23)/t15-,17+/m0/s1. The summed E-state index contributed by atoms with van der Waals surface area (Å²) in [5, 5.41) is 7.12. The normalized spacial score (nSPS) is 23.9. The molecule has 1 saturated carbocycles. The molecule has 4 rings (SSSR count). The van der Waals surface area contributed by atoms with Crippen molar-refractivity contribution in [2.75, 3.05) is 11.9 Å². The number of rotatable bonds is 3. The lowest BCUT2D eigenvalue weighted by Crippen LogP contribution is -2.44. The van der Waals surface area contributed by atoms with Gasteiger partial charge in [-0.05, 0) is 62.3 Å².